The number of pyridine rings is 1. The van der Waals surface area contributed by atoms with Crippen LogP contribution in [0.2, 0.25) is 0 Å². The quantitative estimate of drug-likeness (QED) is 0.639. The number of carbonyl (C=O) groups excluding carboxylic acids is 2. The summed E-state index contributed by atoms with van der Waals surface area (Å²) in [5.74, 6) is -0.434. The molecule has 3 N–H and O–H groups in total. The molecular weight excluding hydrogens is 326 g/mol. The molecule has 3 amide bonds. The Kier molecular flexibility index (Phi) is 4.78. The number of nitrogens with one attached hydrogen (secondary N) is 3. The molecule has 2 heterocycles. The summed E-state index contributed by atoms with van der Waals surface area (Å²) in [6, 6.07) is 12.2. The van der Waals surface area contributed by atoms with E-state index in [1.54, 1.807) is 12.1 Å². The number of nitrogens with zero attached hydrogens (tertiary/aromatic N) is 2. The lowest BCUT2D eigenvalue weighted by Gasteiger charge is -2.07. The second-order valence-electron chi connectivity index (χ2n) is 4.67. The molecule has 0 saturated carbocycles. The van der Waals surface area contributed by atoms with Crippen molar-refractivity contribution in [2.75, 3.05) is 5.32 Å². The van der Waals surface area contributed by atoms with Gasteiger partial charge in [-0.3, -0.25) is 20.5 Å². The number of carbonyl (C=O) groups is 2. The van der Waals surface area contributed by atoms with Crippen LogP contribution in [0.1, 0.15) is 10.4 Å². The molecule has 0 atom stereocenters. The van der Waals surface area contributed by atoms with Crippen LogP contribution < -0.4 is 16.2 Å². The Balaban J connectivity index is 1.54. The van der Waals surface area contributed by atoms with Crippen molar-refractivity contribution >= 4 is 28.4 Å². The molecule has 0 radical (unpaired) electrons. The van der Waals surface area contributed by atoms with E-state index in [1.165, 1.54) is 23.7 Å². The number of urea groups is 1. The van der Waals surface area contributed by atoms with Gasteiger partial charge in [-0.25, -0.2) is 15.2 Å². The number of benzene rings is 1. The molecule has 0 aliphatic carbocycles. The van der Waals surface area contributed by atoms with Crippen molar-refractivity contribution in [2.45, 2.75) is 0 Å². The van der Waals surface area contributed by atoms with Gasteiger partial charge in [-0.05, 0) is 12.1 Å². The Hall–Kier alpha value is -3.26. The van der Waals surface area contributed by atoms with Crippen molar-refractivity contribution in [3.05, 3.63) is 65.8 Å². The number of hydrogen-bond acceptors (Lipinski definition) is 5. The van der Waals surface area contributed by atoms with Gasteiger partial charge in [0.05, 0.1) is 5.69 Å². The molecule has 120 valence electrons. The van der Waals surface area contributed by atoms with Crippen molar-refractivity contribution in [1.82, 2.24) is 20.8 Å². The van der Waals surface area contributed by atoms with Gasteiger partial charge in [0.1, 0.15) is 0 Å². The van der Waals surface area contributed by atoms with Gasteiger partial charge >= 0.3 is 6.03 Å². The van der Waals surface area contributed by atoms with Crippen LogP contribution in [-0.4, -0.2) is 21.9 Å². The molecule has 0 aliphatic rings. The van der Waals surface area contributed by atoms with Gasteiger partial charge in [0.25, 0.3) is 5.91 Å². The van der Waals surface area contributed by atoms with Gasteiger partial charge < -0.3 is 0 Å². The zero-order valence-corrected chi connectivity index (χ0v) is 13.2. The summed E-state index contributed by atoms with van der Waals surface area (Å²) in [6.45, 7) is 0. The fourth-order valence-corrected chi connectivity index (χ4v) is 2.60. The van der Waals surface area contributed by atoms with Crippen molar-refractivity contribution in [3.63, 3.8) is 0 Å². The minimum Gasteiger partial charge on any atom is -0.282 e. The lowest BCUT2D eigenvalue weighted by molar-refractivity contribution is 0.0938. The Morgan fingerprint density at radius 2 is 1.71 bits per heavy atom. The van der Waals surface area contributed by atoms with Crippen molar-refractivity contribution < 1.29 is 9.59 Å². The highest BCUT2D eigenvalue weighted by Gasteiger charge is 2.09. The zero-order valence-electron chi connectivity index (χ0n) is 12.4. The summed E-state index contributed by atoms with van der Waals surface area (Å²) >= 11 is 1.30. The molecule has 24 heavy (non-hydrogen) atoms. The van der Waals surface area contributed by atoms with Gasteiger partial charge in [-0.1, -0.05) is 30.3 Å². The van der Waals surface area contributed by atoms with Gasteiger partial charge in [0.15, 0.2) is 5.13 Å². The molecule has 3 rings (SSSR count). The SMILES string of the molecule is O=C(NNC(=O)c1ccncc1)Nc1nc(-c2ccccc2)cs1. The molecule has 0 unspecified atom stereocenters. The smallest absolute Gasteiger partial charge is 0.282 e. The van der Waals surface area contributed by atoms with Crippen molar-refractivity contribution in [2.24, 2.45) is 0 Å². The number of hydrogen-bond donors (Lipinski definition) is 3. The molecular formula is C16H13N5O2S. The summed E-state index contributed by atoms with van der Waals surface area (Å²) in [7, 11) is 0. The van der Waals surface area contributed by atoms with Crippen LogP contribution in [0.4, 0.5) is 9.93 Å². The maximum absolute atomic E-state index is 11.8. The maximum Gasteiger partial charge on any atom is 0.339 e. The van der Waals surface area contributed by atoms with E-state index in [0.717, 1.165) is 11.3 Å². The minimum atomic E-state index is -0.577. The Bertz CT molecular complexity index is 836. The molecule has 0 saturated heterocycles. The number of hydrazine groups is 1. The predicted octanol–water partition coefficient (Wildman–Crippen LogP) is 2.67. The second kappa shape index (κ2) is 7.34. The van der Waals surface area contributed by atoms with E-state index in [1.807, 2.05) is 35.7 Å². The van der Waals surface area contributed by atoms with E-state index in [4.69, 9.17) is 0 Å². The zero-order chi connectivity index (χ0) is 16.8. The molecule has 0 spiro atoms. The highest BCUT2D eigenvalue weighted by Crippen LogP contribution is 2.24. The Morgan fingerprint density at radius 3 is 2.46 bits per heavy atom. The van der Waals surface area contributed by atoms with E-state index < -0.39 is 11.9 Å². The largest absolute Gasteiger partial charge is 0.339 e. The first-order valence-corrected chi connectivity index (χ1v) is 7.88. The predicted molar refractivity (Wildman–Crippen MR) is 91.4 cm³/mol. The highest BCUT2D eigenvalue weighted by molar-refractivity contribution is 7.14. The molecule has 0 bridgehead atoms. The van der Waals surface area contributed by atoms with Crippen LogP contribution in [0.3, 0.4) is 0 Å². The van der Waals surface area contributed by atoms with Gasteiger partial charge in [0.2, 0.25) is 0 Å². The topological polar surface area (TPSA) is 96.0 Å². The Morgan fingerprint density at radius 1 is 0.958 bits per heavy atom. The monoisotopic (exact) mass is 339 g/mol. The van der Waals surface area contributed by atoms with Gasteiger partial charge in [-0.2, -0.15) is 0 Å². The van der Waals surface area contributed by atoms with Crippen molar-refractivity contribution in [1.29, 1.82) is 0 Å². The third-order valence-corrected chi connectivity index (χ3v) is 3.78. The fraction of sp³-hybridized carbons (Fsp3) is 0. The summed E-state index contributed by atoms with van der Waals surface area (Å²) in [5, 5.41) is 4.85. The van der Waals surface area contributed by atoms with Crippen LogP contribution in [0, 0.1) is 0 Å². The maximum atomic E-state index is 11.8. The van der Waals surface area contributed by atoms with Crippen LogP contribution >= 0.6 is 11.3 Å². The van der Waals surface area contributed by atoms with Crippen LogP contribution in [0.25, 0.3) is 11.3 Å². The molecule has 1 aromatic carbocycles. The lowest BCUT2D eigenvalue weighted by atomic mass is 10.2. The standard InChI is InChI=1S/C16H13N5O2S/c22-14(12-6-8-17-9-7-12)20-21-15(23)19-16-18-13(10-24-16)11-4-2-1-3-5-11/h1-10H,(H,20,22)(H2,18,19,21,23). The van der Waals surface area contributed by atoms with E-state index in [0.29, 0.717) is 10.7 Å². The molecule has 7 nitrogen and oxygen atoms in total. The van der Waals surface area contributed by atoms with Crippen LogP contribution in [0.15, 0.2) is 60.2 Å². The number of amides is 3. The number of anilines is 1. The first-order chi connectivity index (χ1) is 11.7. The first kappa shape index (κ1) is 15.6. The van der Waals surface area contributed by atoms with Crippen LogP contribution in [-0.2, 0) is 0 Å². The highest BCUT2D eigenvalue weighted by atomic mass is 32.1. The molecule has 0 aliphatic heterocycles. The summed E-state index contributed by atoms with van der Waals surface area (Å²) < 4.78 is 0. The average molecular weight is 339 g/mol. The van der Waals surface area contributed by atoms with E-state index in [9.17, 15) is 9.59 Å². The number of aromatic nitrogens is 2. The Labute approximate surface area is 141 Å². The fourth-order valence-electron chi connectivity index (χ4n) is 1.89. The number of rotatable bonds is 3. The minimum absolute atomic E-state index is 0.394. The summed E-state index contributed by atoms with van der Waals surface area (Å²) in [5.41, 5.74) is 6.72. The van der Waals surface area contributed by atoms with E-state index >= 15 is 0 Å². The molecule has 8 heteroatoms. The number of thiazole rings is 1. The summed E-state index contributed by atoms with van der Waals surface area (Å²) in [6.07, 6.45) is 2.99. The summed E-state index contributed by atoms with van der Waals surface area (Å²) in [4.78, 5) is 31.8. The third kappa shape index (κ3) is 3.93. The van der Waals surface area contributed by atoms with Gasteiger partial charge in [0, 0.05) is 28.9 Å². The molecule has 0 fully saturated rings. The van der Waals surface area contributed by atoms with E-state index in [-0.39, 0.29) is 0 Å². The molecule has 3 aromatic rings. The average Bonchev–Trinajstić information content (AvgIpc) is 3.09. The molecule has 2 aromatic heterocycles. The normalized spacial score (nSPS) is 10.0. The van der Waals surface area contributed by atoms with Crippen molar-refractivity contribution in [3.8, 4) is 11.3 Å². The van der Waals surface area contributed by atoms with Crippen LogP contribution in [0.5, 0.6) is 0 Å². The second-order valence-corrected chi connectivity index (χ2v) is 5.53. The lowest BCUT2D eigenvalue weighted by Crippen LogP contribution is -2.43. The van der Waals surface area contributed by atoms with Gasteiger partial charge in [-0.15, -0.1) is 11.3 Å². The first-order valence-electron chi connectivity index (χ1n) is 7.01. The van der Waals surface area contributed by atoms with E-state index in [2.05, 4.69) is 26.1 Å². The third-order valence-electron chi connectivity index (χ3n) is 3.03.